The Morgan fingerprint density at radius 3 is 2.62 bits per heavy atom. The van der Waals surface area contributed by atoms with Crippen molar-refractivity contribution in [3.8, 4) is 0 Å². The van der Waals surface area contributed by atoms with Crippen molar-refractivity contribution in [1.82, 2.24) is 4.90 Å². The van der Waals surface area contributed by atoms with Crippen molar-refractivity contribution < 1.29 is 23.8 Å². The van der Waals surface area contributed by atoms with Crippen LogP contribution >= 0.6 is 0 Å². The smallest absolute Gasteiger partial charge is 0.288 e. The molecule has 0 bridgehead atoms. The van der Waals surface area contributed by atoms with E-state index in [4.69, 9.17) is 13.9 Å². The van der Waals surface area contributed by atoms with Gasteiger partial charge in [0.2, 0.25) is 6.29 Å². The number of carbonyl (C=O) groups excluding carboxylic acids is 1. The molecule has 3 heterocycles. The van der Waals surface area contributed by atoms with Crippen LogP contribution in [0.3, 0.4) is 0 Å². The highest BCUT2D eigenvalue weighted by molar-refractivity contribution is 5.92. The summed E-state index contributed by atoms with van der Waals surface area (Å²) in [5, 5.41) is 9.99. The minimum Gasteiger partial charge on any atom is -0.464 e. The number of nitrogens with zero attached hydrogens (tertiary/aromatic N) is 1. The number of fused-ring (bicyclic) bond motifs is 1. The third-order valence-electron chi connectivity index (χ3n) is 6.83. The summed E-state index contributed by atoms with van der Waals surface area (Å²) < 4.78 is 17.9. The maximum absolute atomic E-state index is 13.5. The van der Waals surface area contributed by atoms with E-state index in [2.05, 4.69) is 0 Å². The second-order valence-corrected chi connectivity index (χ2v) is 9.10. The lowest BCUT2D eigenvalue weighted by molar-refractivity contribution is -0.170. The number of hydrogen-bond acceptors (Lipinski definition) is 6. The zero-order valence-corrected chi connectivity index (χ0v) is 19.9. The minimum atomic E-state index is -0.689. The van der Waals surface area contributed by atoms with Crippen molar-refractivity contribution in [1.29, 1.82) is 0 Å². The van der Waals surface area contributed by atoms with E-state index in [1.54, 1.807) is 18.2 Å². The summed E-state index contributed by atoms with van der Waals surface area (Å²) in [5.74, 6) is -0.578. The normalized spacial score (nSPS) is 23.6. The number of ether oxygens (including phenoxy) is 2. The molecule has 34 heavy (non-hydrogen) atoms. The Bertz CT molecular complexity index is 1050. The van der Waals surface area contributed by atoms with E-state index < -0.39 is 12.2 Å². The number of hydrogen-bond donors (Lipinski definition) is 1. The zero-order valence-electron chi connectivity index (χ0n) is 19.9. The lowest BCUT2D eigenvalue weighted by Gasteiger charge is -2.37. The fourth-order valence-electron chi connectivity index (χ4n) is 5.04. The molecule has 0 saturated carbocycles. The van der Waals surface area contributed by atoms with Crippen molar-refractivity contribution in [3.05, 3.63) is 58.2 Å². The van der Waals surface area contributed by atoms with Crippen LogP contribution in [0.1, 0.15) is 63.4 Å². The van der Waals surface area contributed by atoms with Crippen LogP contribution in [0, 0.1) is 5.92 Å². The van der Waals surface area contributed by atoms with Crippen LogP contribution in [-0.4, -0.2) is 48.5 Å². The first-order valence-electron chi connectivity index (χ1n) is 12.5. The molecule has 0 unspecified atom stereocenters. The molecular formula is C27H35NO6. The molecule has 2 aliphatic rings. The van der Waals surface area contributed by atoms with Gasteiger partial charge in [0.25, 0.3) is 5.91 Å². The molecule has 1 amide bonds. The van der Waals surface area contributed by atoms with Crippen LogP contribution in [0.5, 0.6) is 0 Å². The van der Waals surface area contributed by atoms with Crippen LogP contribution in [-0.2, 0) is 14.3 Å². The van der Waals surface area contributed by atoms with Gasteiger partial charge in [-0.2, -0.15) is 0 Å². The molecule has 1 aromatic heterocycles. The summed E-state index contributed by atoms with van der Waals surface area (Å²) in [7, 11) is 0. The Kier molecular flexibility index (Phi) is 8.40. The number of amides is 1. The van der Waals surface area contributed by atoms with E-state index in [-0.39, 0.29) is 29.6 Å². The van der Waals surface area contributed by atoms with E-state index >= 15 is 0 Å². The highest BCUT2D eigenvalue weighted by Gasteiger charge is 2.40. The van der Waals surface area contributed by atoms with Gasteiger partial charge in [-0.25, -0.2) is 0 Å². The molecule has 1 fully saturated rings. The quantitative estimate of drug-likeness (QED) is 0.649. The number of allylic oxidation sites excluding steroid dienone is 1. The fourth-order valence-corrected chi connectivity index (χ4v) is 5.04. The molecule has 4 rings (SSSR count). The molecule has 1 saturated heterocycles. The van der Waals surface area contributed by atoms with Crippen molar-refractivity contribution in [2.75, 3.05) is 26.3 Å². The molecule has 2 aliphatic heterocycles. The first kappa shape index (κ1) is 24.5. The SMILES string of the molecule is CCO[C@@H]1OC(C(=O)N2CCCCCCC2)=C[C@H](c2coc3ccccc3c2=O)[C@@H]1CCCO. The number of para-hydroxylation sites is 1. The molecule has 7 heteroatoms. The third-order valence-corrected chi connectivity index (χ3v) is 6.83. The lowest BCUT2D eigenvalue weighted by Crippen LogP contribution is -2.42. The number of aliphatic hydroxyl groups is 1. The number of aliphatic hydroxyl groups excluding tert-OH is 1. The van der Waals surface area contributed by atoms with Gasteiger partial charge in [0.05, 0.1) is 11.6 Å². The maximum Gasteiger partial charge on any atom is 0.288 e. The van der Waals surface area contributed by atoms with Crippen LogP contribution in [0.4, 0.5) is 0 Å². The van der Waals surface area contributed by atoms with Gasteiger partial charge in [0.15, 0.2) is 11.2 Å². The van der Waals surface area contributed by atoms with Crippen LogP contribution in [0.2, 0.25) is 0 Å². The highest BCUT2D eigenvalue weighted by atomic mass is 16.7. The summed E-state index contributed by atoms with van der Waals surface area (Å²) in [6.07, 6.45) is 9.12. The van der Waals surface area contributed by atoms with Gasteiger partial charge in [-0.1, -0.05) is 31.4 Å². The van der Waals surface area contributed by atoms with Gasteiger partial charge in [-0.15, -0.1) is 0 Å². The van der Waals surface area contributed by atoms with Crippen LogP contribution < -0.4 is 5.43 Å². The Morgan fingerprint density at radius 1 is 1.15 bits per heavy atom. The second kappa shape index (κ2) is 11.7. The summed E-state index contributed by atoms with van der Waals surface area (Å²) >= 11 is 0. The molecular weight excluding hydrogens is 434 g/mol. The average molecular weight is 470 g/mol. The van der Waals surface area contributed by atoms with E-state index in [0.717, 1.165) is 25.7 Å². The van der Waals surface area contributed by atoms with Gasteiger partial charge in [0, 0.05) is 43.7 Å². The summed E-state index contributed by atoms with van der Waals surface area (Å²) in [5.41, 5.74) is 0.886. The van der Waals surface area contributed by atoms with Crippen LogP contribution in [0.15, 0.2) is 51.6 Å². The van der Waals surface area contributed by atoms with Gasteiger partial charge < -0.3 is 23.9 Å². The first-order chi connectivity index (χ1) is 16.6. The van der Waals surface area contributed by atoms with Crippen molar-refractivity contribution in [2.45, 2.75) is 64.1 Å². The molecule has 1 N–H and O–H groups in total. The number of benzene rings is 1. The molecule has 7 nitrogen and oxygen atoms in total. The molecule has 3 atom stereocenters. The van der Waals surface area contributed by atoms with Gasteiger partial charge in [-0.05, 0) is 50.8 Å². The largest absolute Gasteiger partial charge is 0.464 e. The molecule has 1 aromatic carbocycles. The van der Waals surface area contributed by atoms with Gasteiger partial charge >= 0.3 is 0 Å². The first-order valence-corrected chi connectivity index (χ1v) is 12.5. The number of likely N-dealkylation sites (tertiary alicyclic amines) is 1. The average Bonchev–Trinajstić information content (AvgIpc) is 2.83. The highest BCUT2D eigenvalue weighted by Crippen LogP contribution is 2.39. The molecule has 184 valence electrons. The second-order valence-electron chi connectivity index (χ2n) is 9.10. The Morgan fingerprint density at radius 2 is 1.88 bits per heavy atom. The number of rotatable bonds is 7. The molecule has 0 radical (unpaired) electrons. The topological polar surface area (TPSA) is 89.2 Å². The Balaban J connectivity index is 1.75. The molecule has 0 spiro atoms. The minimum absolute atomic E-state index is 0.0255. The number of carbonyl (C=O) groups is 1. The predicted molar refractivity (Wildman–Crippen MR) is 129 cm³/mol. The monoisotopic (exact) mass is 469 g/mol. The van der Waals surface area contributed by atoms with Crippen molar-refractivity contribution in [2.24, 2.45) is 5.92 Å². The fraction of sp³-hybridized carbons (Fsp3) is 0.556. The Labute approximate surface area is 200 Å². The van der Waals surface area contributed by atoms with Gasteiger partial charge in [0.1, 0.15) is 5.58 Å². The molecule has 2 aromatic rings. The van der Waals surface area contributed by atoms with Crippen molar-refractivity contribution in [3.63, 3.8) is 0 Å². The van der Waals surface area contributed by atoms with E-state index in [0.29, 0.717) is 49.1 Å². The molecule has 0 aliphatic carbocycles. The summed E-state index contributed by atoms with van der Waals surface area (Å²) in [6, 6.07) is 7.16. The summed E-state index contributed by atoms with van der Waals surface area (Å²) in [6.45, 7) is 3.72. The summed E-state index contributed by atoms with van der Waals surface area (Å²) in [4.78, 5) is 28.8. The predicted octanol–water partition coefficient (Wildman–Crippen LogP) is 4.33. The lowest BCUT2D eigenvalue weighted by atomic mass is 9.80. The standard InChI is InChI=1S/C27H35NO6/c1-2-32-27-19(12-10-16-29)21(22-18-33-23-13-7-6-11-20(23)25(22)30)17-24(34-27)26(31)28-14-8-4-3-5-9-15-28/h6-7,11,13,17-19,21,27,29H,2-5,8-10,12,14-16H2,1H3/t19-,21-,27+/m0/s1. The Hall–Kier alpha value is -2.64. The zero-order chi connectivity index (χ0) is 23.9. The van der Waals surface area contributed by atoms with Crippen LogP contribution in [0.25, 0.3) is 11.0 Å². The van der Waals surface area contributed by atoms with E-state index in [1.807, 2.05) is 24.0 Å². The maximum atomic E-state index is 13.5. The van der Waals surface area contributed by atoms with E-state index in [9.17, 15) is 14.7 Å². The van der Waals surface area contributed by atoms with Gasteiger partial charge in [-0.3, -0.25) is 9.59 Å². The van der Waals surface area contributed by atoms with E-state index in [1.165, 1.54) is 12.7 Å². The third kappa shape index (κ3) is 5.36. The van der Waals surface area contributed by atoms with Crippen molar-refractivity contribution >= 4 is 16.9 Å².